The molecule has 6 nitrogen and oxygen atoms in total. The molecule has 2 aromatic carbocycles. The van der Waals surface area contributed by atoms with Crippen molar-refractivity contribution in [3.05, 3.63) is 75.1 Å². The minimum Gasteiger partial charge on any atom is -0.262 e. The van der Waals surface area contributed by atoms with Gasteiger partial charge < -0.3 is 0 Å². The maximum Gasteiger partial charge on any atom is 0.254 e. The van der Waals surface area contributed by atoms with Gasteiger partial charge in [0.15, 0.2) is 5.17 Å². The summed E-state index contributed by atoms with van der Waals surface area (Å²) in [5.74, 6) is -0.0291. The third-order valence-corrected chi connectivity index (χ3v) is 6.89. The van der Waals surface area contributed by atoms with Crippen molar-refractivity contribution in [1.82, 2.24) is 4.72 Å². The molecule has 12 heteroatoms. The summed E-state index contributed by atoms with van der Waals surface area (Å²) >= 11 is 12.7. The van der Waals surface area contributed by atoms with Gasteiger partial charge in [-0.25, -0.2) is 16.8 Å². The van der Waals surface area contributed by atoms with E-state index in [1.165, 1.54) is 17.8 Å². The Hall–Kier alpha value is -1.23. The van der Waals surface area contributed by atoms with Crippen LogP contribution < -0.4 is 4.72 Å². The van der Waals surface area contributed by atoms with Crippen molar-refractivity contribution < 1.29 is 16.8 Å². The first kappa shape index (κ1) is 25.0. The minimum atomic E-state index is -3.57. The summed E-state index contributed by atoms with van der Waals surface area (Å²) in [6.07, 6.45) is 3.18. The van der Waals surface area contributed by atoms with E-state index >= 15 is 0 Å². The fourth-order valence-corrected chi connectivity index (χ4v) is 5.03. The summed E-state index contributed by atoms with van der Waals surface area (Å²) in [6, 6.07) is 13.4. The van der Waals surface area contributed by atoms with Gasteiger partial charge in [0.2, 0.25) is 10.0 Å². The number of halogens is 3. The molecule has 0 saturated heterocycles. The number of rotatable bonds is 3. The van der Waals surface area contributed by atoms with Gasteiger partial charge in [-0.15, -0.1) is 0 Å². The fraction of sp³-hybridized carbons (Fsp3) is 0.167. The van der Waals surface area contributed by atoms with E-state index in [0.717, 1.165) is 16.5 Å². The molecular weight excluding hydrogens is 511 g/mol. The van der Waals surface area contributed by atoms with Gasteiger partial charge in [-0.3, -0.25) is 9.71 Å². The standard InChI is InChI=1S/C10H11ClN2O2S2.C8H6Cl2O2S/c1-16-10-12-9(6-17(14,15)13-10)7-2-4-8(11)5-3-7;9-8-3-1-7(2-4-8)5-6-13(10,11)12/h2-5,9H,6H2,1H3,(H,12,13);1-6H. The Morgan fingerprint density at radius 2 is 1.60 bits per heavy atom. The summed E-state index contributed by atoms with van der Waals surface area (Å²) in [7, 11) is -1.89. The first-order valence-corrected chi connectivity index (χ1v) is 14.2. The summed E-state index contributed by atoms with van der Waals surface area (Å²) in [6.45, 7) is 0. The molecule has 1 aliphatic heterocycles. The van der Waals surface area contributed by atoms with E-state index in [2.05, 4.69) is 9.71 Å². The van der Waals surface area contributed by atoms with Crippen LogP contribution in [0.5, 0.6) is 0 Å². The van der Waals surface area contributed by atoms with E-state index < -0.39 is 19.1 Å². The van der Waals surface area contributed by atoms with Crippen LogP contribution in [0.1, 0.15) is 17.2 Å². The Morgan fingerprint density at radius 1 is 1.07 bits per heavy atom. The highest BCUT2D eigenvalue weighted by Gasteiger charge is 2.26. The van der Waals surface area contributed by atoms with E-state index in [-0.39, 0.29) is 11.8 Å². The lowest BCUT2D eigenvalue weighted by Gasteiger charge is -2.21. The van der Waals surface area contributed by atoms with Crippen LogP contribution in [-0.2, 0) is 19.1 Å². The lowest BCUT2D eigenvalue weighted by Crippen LogP contribution is -2.37. The van der Waals surface area contributed by atoms with Crippen LogP contribution >= 0.6 is 45.6 Å². The van der Waals surface area contributed by atoms with Gasteiger partial charge in [-0.1, -0.05) is 59.2 Å². The molecule has 0 aromatic heterocycles. The van der Waals surface area contributed by atoms with Crippen LogP contribution in [0.4, 0.5) is 0 Å². The molecule has 0 spiro atoms. The molecule has 0 radical (unpaired) electrons. The van der Waals surface area contributed by atoms with E-state index in [1.54, 1.807) is 54.8 Å². The van der Waals surface area contributed by atoms with Crippen molar-refractivity contribution in [2.75, 3.05) is 12.0 Å². The molecule has 1 N–H and O–H groups in total. The smallest absolute Gasteiger partial charge is 0.254 e. The topological polar surface area (TPSA) is 92.7 Å². The summed E-state index contributed by atoms with van der Waals surface area (Å²) in [4.78, 5) is 4.34. The minimum absolute atomic E-state index is 0.0291. The van der Waals surface area contributed by atoms with Crippen molar-refractivity contribution in [1.29, 1.82) is 0 Å². The molecule has 0 bridgehead atoms. The Balaban J connectivity index is 0.000000222. The highest BCUT2D eigenvalue weighted by molar-refractivity contribution is 8.16. The number of aliphatic imine (C=N–C) groups is 1. The fourth-order valence-electron chi connectivity index (χ4n) is 2.27. The molecule has 1 atom stereocenters. The number of nitrogens with one attached hydrogen (secondary N) is 1. The first-order valence-electron chi connectivity index (χ1n) is 8.23. The van der Waals surface area contributed by atoms with Crippen molar-refractivity contribution >= 4 is 76.0 Å². The van der Waals surface area contributed by atoms with Crippen molar-refractivity contribution in [3.8, 4) is 0 Å². The molecule has 2 aromatic rings. The predicted octanol–water partition coefficient (Wildman–Crippen LogP) is 4.91. The number of hydrogen-bond donors (Lipinski definition) is 1. The number of benzene rings is 2. The van der Waals surface area contributed by atoms with E-state index in [9.17, 15) is 16.8 Å². The maximum atomic E-state index is 11.6. The lowest BCUT2D eigenvalue weighted by molar-refractivity contribution is 0.581. The average Bonchev–Trinajstić information content (AvgIpc) is 2.66. The van der Waals surface area contributed by atoms with Crippen molar-refractivity contribution in [2.24, 2.45) is 4.99 Å². The molecule has 1 aliphatic rings. The monoisotopic (exact) mass is 526 g/mol. The third-order valence-electron chi connectivity index (χ3n) is 3.63. The average molecular weight is 528 g/mol. The van der Waals surface area contributed by atoms with Gasteiger partial charge in [0.25, 0.3) is 9.05 Å². The number of sulfonamides is 1. The maximum absolute atomic E-state index is 11.6. The van der Waals surface area contributed by atoms with Crippen LogP contribution in [0.3, 0.4) is 0 Å². The zero-order chi connectivity index (χ0) is 22.4. The van der Waals surface area contributed by atoms with E-state index in [1.807, 2.05) is 0 Å². The molecule has 0 fully saturated rings. The second-order valence-electron chi connectivity index (χ2n) is 5.92. The summed E-state index contributed by atoms with van der Waals surface area (Å²) in [5, 5.41) is 2.58. The van der Waals surface area contributed by atoms with Gasteiger partial charge in [0.1, 0.15) is 0 Å². The van der Waals surface area contributed by atoms with Gasteiger partial charge in [0, 0.05) is 26.1 Å². The molecular formula is C18H17Cl3N2O4S3. The number of amidine groups is 1. The number of nitrogens with zero attached hydrogens (tertiary/aromatic N) is 1. The number of thioether (sulfide) groups is 1. The molecule has 162 valence electrons. The highest BCUT2D eigenvalue weighted by Crippen LogP contribution is 2.25. The van der Waals surface area contributed by atoms with Gasteiger partial charge in [0.05, 0.1) is 11.8 Å². The second kappa shape index (κ2) is 10.9. The van der Waals surface area contributed by atoms with Crippen LogP contribution in [0, 0.1) is 0 Å². The van der Waals surface area contributed by atoms with Gasteiger partial charge >= 0.3 is 0 Å². The quantitative estimate of drug-likeness (QED) is 0.572. The Morgan fingerprint density at radius 3 is 2.10 bits per heavy atom. The molecule has 1 heterocycles. The summed E-state index contributed by atoms with van der Waals surface area (Å²) in [5.41, 5.74) is 1.58. The van der Waals surface area contributed by atoms with Crippen LogP contribution in [0.15, 0.2) is 58.9 Å². The van der Waals surface area contributed by atoms with Gasteiger partial charge in [-0.2, -0.15) is 0 Å². The van der Waals surface area contributed by atoms with Crippen molar-refractivity contribution in [3.63, 3.8) is 0 Å². The Kier molecular flexibility index (Phi) is 9.08. The van der Waals surface area contributed by atoms with Gasteiger partial charge in [-0.05, 0) is 47.7 Å². The molecule has 0 amide bonds. The first-order chi connectivity index (χ1) is 14.0. The zero-order valence-electron chi connectivity index (χ0n) is 15.5. The lowest BCUT2D eigenvalue weighted by atomic mass is 10.1. The van der Waals surface area contributed by atoms with Crippen molar-refractivity contribution in [2.45, 2.75) is 6.04 Å². The molecule has 30 heavy (non-hydrogen) atoms. The number of hydrogen-bond acceptors (Lipinski definition) is 6. The van der Waals surface area contributed by atoms with E-state index in [4.69, 9.17) is 33.9 Å². The van der Waals surface area contributed by atoms with Crippen LogP contribution in [0.25, 0.3) is 6.08 Å². The molecule has 1 unspecified atom stereocenters. The molecule has 3 rings (SSSR count). The summed E-state index contributed by atoms with van der Waals surface area (Å²) < 4.78 is 46.7. The SMILES string of the molecule is CSC1=NC(c2ccc(Cl)cc2)CS(=O)(=O)N1.O=S(=O)(Cl)C=Cc1ccc(Cl)cc1. The Bertz CT molecular complexity index is 1130. The largest absolute Gasteiger partial charge is 0.262 e. The molecule has 0 aliphatic carbocycles. The van der Waals surface area contributed by atoms with E-state index in [0.29, 0.717) is 15.2 Å². The normalized spacial score (nSPS) is 18.1. The molecule has 0 saturated carbocycles. The van der Waals surface area contributed by atoms with Crippen LogP contribution in [0.2, 0.25) is 10.0 Å². The zero-order valence-corrected chi connectivity index (χ0v) is 20.2. The Labute approximate surface area is 194 Å². The second-order valence-corrected chi connectivity index (χ2v) is 11.9. The van der Waals surface area contributed by atoms with Crippen LogP contribution in [-0.4, -0.2) is 34.0 Å². The third kappa shape index (κ3) is 8.87. The highest BCUT2D eigenvalue weighted by atomic mass is 35.7. The predicted molar refractivity (Wildman–Crippen MR) is 127 cm³/mol.